The van der Waals surface area contributed by atoms with Crippen LogP contribution in [0.15, 0.2) is 18.2 Å². The number of carbonyl (C=O) groups excluding carboxylic acids is 1. The molecule has 7 nitrogen and oxygen atoms in total. The quantitative estimate of drug-likeness (QED) is 0.473. The molecule has 0 saturated carbocycles. The summed E-state index contributed by atoms with van der Waals surface area (Å²) < 4.78 is 0. The Bertz CT molecular complexity index is 518. The average molecular weight is 264 g/mol. The Hall–Kier alpha value is -2.15. The van der Waals surface area contributed by atoms with Crippen LogP contribution in [0, 0.1) is 10.1 Å². The first-order valence-corrected chi connectivity index (χ1v) is 6.00. The van der Waals surface area contributed by atoms with E-state index in [1.807, 2.05) is 7.05 Å². The van der Waals surface area contributed by atoms with E-state index >= 15 is 0 Å². The molecule has 0 radical (unpaired) electrons. The lowest BCUT2D eigenvalue weighted by Crippen LogP contribution is -2.36. The Balaban J connectivity index is 2.07. The Labute approximate surface area is 110 Å². The number of nitro groups is 1. The highest BCUT2D eigenvalue weighted by molar-refractivity contribution is 5.95. The van der Waals surface area contributed by atoms with Crippen molar-refractivity contribution < 1.29 is 9.72 Å². The van der Waals surface area contributed by atoms with Crippen molar-refractivity contribution in [2.45, 2.75) is 12.5 Å². The van der Waals surface area contributed by atoms with E-state index in [4.69, 9.17) is 5.73 Å². The summed E-state index contributed by atoms with van der Waals surface area (Å²) in [5, 5.41) is 13.5. The van der Waals surface area contributed by atoms with E-state index in [0.29, 0.717) is 5.56 Å². The van der Waals surface area contributed by atoms with Gasteiger partial charge >= 0.3 is 0 Å². The molecule has 102 valence electrons. The van der Waals surface area contributed by atoms with Crippen LogP contribution in [0.25, 0.3) is 0 Å². The van der Waals surface area contributed by atoms with E-state index in [0.717, 1.165) is 19.5 Å². The molecule has 0 bridgehead atoms. The molecular formula is C12H16N4O3. The summed E-state index contributed by atoms with van der Waals surface area (Å²) in [6.45, 7) is 1.77. The van der Waals surface area contributed by atoms with Crippen LogP contribution >= 0.6 is 0 Å². The van der Waals surface area contributed by atoms with Gasteiger partial charge in [0, 0.05) is 24.2 Å². The second-order valence-corrected chi connectivity index (χ2v) is 4.75. The Morgan fingerprint density at radius 1 is 1.58 bits per heavy atom. The van der Waals surface area contributed by atoms with Gasteiger partial charge in [-0.1, -0.05) is 0 Å². The van der Waals surface area contributed by atoms with E-state index in [9.17, 15) is 14.9 Å². The monoisotopic (exact) mass is 264 g/mol. The number of rotatable bonds is 3. The zero-order valence-electron chi connectivity index (χ0n) is 10.6. The van der Waals surface area contributed by atoms with E-state index in [1.165, 1.54) is 18.2 Å². The van der Waals surface area contributed by atoms with Gasteiger partial charge in [-0.15, -0.1) is 0 Å². The van der Waals surface area contributed by atoms with Gasteiger partial charge < -0.3 is 16.0 Å². The van der Waals surface area contributed by atoms with Gasteiger partial charge in [-0.3, -0.25) is 14.9 Å². The number of hydrogen-bond donors (Lipinski definition) is 2. The van der Waals surface area contributed by atoms with Crippen LogP contribution in [0.4, 0.5) is 11.4 Å². The molecule has 19 heavy (non-hydrogen) atoms. The lowest BCUT2D eigenvalue weighted by atomic mass is 10.1. The maximum atomic E-state index is 12.0. The molecule has 1 unspecified atom stereocenters. The van der Waals surface area contributed by atoms with Gasteiger partial charge in [-0.05, 0) is 32.1 Å². The largest absolute Gasteiger partial charge is 0.393 e. The zero-order chi connectivity index (χ0) is 14.0. The van der Waals surface area contributed by atoms with Crippen LogP contribution < -0.4 is 11.1 Å². The lowest BCUT2D eigenvalue weighted by Gasteiger charge is -2.13. The predicted molar refractivity (Wildman–Crippen MR) is 70.9 cm³/mol. The minimum absolute atomic E-state index is 0.00110. The average Bonchev–Trinajstić information content (AvgIpc) is 2.74. The van der Waals surface area contributed by atoms with E-state index in [-0.39, 0.29) is 23.3 Å². The van der Waals surface area contributed by atoms with Crippen molar-refractivity contribution in [2.75, 3.05) is 25.9 Å². The Kier molecular flexibility index (Phi) is 3.66. The Morgan fingerprint density at radius 3 is 2.84 bits per heavy atom. The summed E-state index contributed by atoms with van der Waals surface area (Å²) >= 11 is 0. The van der Waals surface area contributed by atoms with Gasteiger partial charge in [-0.25, -0.2) is 0 Å². The number of benzene rings is 1. The van der Waals surface area contributed by atoms with Gasteiger partial charge in [0.25, 0.3) is 11.6 Å². The minimum atomic E-state index is -0.567. The fourth-order valence-corrected chi connectivity index (χ4v) is 2.18. The molecule has 1 aromatic rings. The fourth-order valence-electron chi connectivity index (χ4n) is 2.18. The minimum Gasteiger partial charge on any atom is -0.393 e. The molecule has 3 N–H and O–H groups in total. The maximum Gasteiger partial charge on any atom is 0.292 e. The van der Waals surface area contributed by atoms with Crippen molar-refractivity contribution >= 4 is 17.3 Å². The highest BCUT2D eigenvalue weighted by atomic mass is 16.6. The van der Waals surface area contributed by atoms with E-state index in [1.54, 1.807) is 0 Å². The number of nitrogen functional groups attached to an aromatic ring is 1. The third-order valence-corrected chi connectivity index (χ3v) is 3.21. The zero-order valence-corrected chi connectivity index (χ0v) is 10.6. The second kappa shape index (κ2) is 5.23. The fraction of sp³-hybridized carbons (Fsp3) is 0.417. The Morgan fingerprint density at radius 2 is 2.32 bits per heavy atom. The summed E-state index contributed by atoms with van der Waals surface area (Å²) in [7, 11) is 2.00. The van der Waals surface area contributed by atoms with Gasteiger partial charge in [0.2, 0.25) is 0 Å². The first kappa shape index (κ1) is 13.3. The molecule has 1 fully saturated rings. The van der Waals surface area contributed by atoms with E-state index in [2.05, 4.69) is 10.2 Å². The topological polar surface area (TPSA) is 102 Å². The molecule has 7 heteroatoms. The molecule has 1 amide bonds. The molecule has 0 spiro atoms. The van der Waals surface area contributed by atoms with Gasteiger partial charge in [0.1, 0.15) is 5.69 Å². The number of nitrogens with zero attached hydrogens (tertiary/aromatic N) is 2. The number of anilines is 1. The molecule has 1 aliphatic rings. The molecule has 0 aromatic heterocycles. The highest BCUT2D eigenvalue weighted by Crippen LogP contribution is 2.22. The highest BCUT2D eigenvalue weighted by Gasteiger charge is 2.22. The second-order valence-electron chi connectivity index (χ2n) is 4.75. The first-order chi connectivity index (χ1) is 8.97. The number of nitro benzene ring substituents is 1. The summed E-state index contributed by atoms with van der Waals surface area (Å²) in [5.74, 6) is -0.248. The molecule has 1 saturated heterocycles. The third kappa shape index (κ3) is 3.00. The van der Waals surface area contributed by atoms with Crippen molar-refractivity contribution in [1.82, 2.24) is 10.2 Å². The molecule has 2 rings (SSSR count). The number of hydrogen-bond acceptors (Lipinski definition) is 5. The molecule has 1 heterocycles. The van der Waals surface area contributed by atoms with Crippen molar-refractivity contribution in [3.63, 3.8) is 0 Å². The van der Waals surface area contributed by atoms with Gasteiger partial charge in [0.15, 0.2) is 0 Å². The van der Waals surface area contributed by atoms with Crippen molar-refractivity contribution in [3.05, 3.63) is 33.9 Å². The molecule has 1 aliphatic heterocycles. The number of nitrogens with one attached hydrogen (secondary N) is 1. The standard InChI is InChI=1S/C12H16N4O3/c1-15-5-4-9(7-15)14-12(17)8-2-3-11(16(18)19)10(13)6-8/h2-3,6,9H,4-5,7,13H2,1H3,(H,14,17). The summed E-state index contributed by atoms with van der Waals surface area (Å²) in [6.07, 6.45) is 0.907. The number of likely N-dealkylation sites (N-methyl/N-ethyl adjacent to an activating group) is 1. The molecule has 1 atom stereocenters. The van der Waals surface area contributed by atoms with Crippen LogP contribution in [-0.4, -0.2) is 41.9 Å². The number of amides is 1. The molecule has 1 aromatic carbocycles. The van der Waals surface area contributed by atoms with E-state index < -0.39 is 4.92 Å². The predicted octanol–water partition coefficient (Wildman–Crippen LogP) is 0.611. The lowest BCUT2D eigenvalue weighted by molar-refractivity contribution is -0.383. The van der Waals surface area contributed by atoms with Crippen LogP contribution in [0.2, 0.25) is 0 Å². The summed E-state index contributed by atoms with van der Waals surface area (Å²) in [6, 6.07) is 4.13. The summed E-state index contributed by atoms with van der Waals surface area (Å²) in [5.41, 5.74) is 5.72. The number of carbonyl (C=O) groups is 1. The normalized spacial score (nSPS) is 19.3. The SMILES string of the molecule is CN1CCC(NC(=O)c2ccc([N+](=O)[O-])c(N)c2)C1. The van der Waals surface area contributed by atoms with Gasteiger partial charge in [-0.2, -0.15) is 0 Å². The van der Waals surface area contributed by atoms with Crippen LogP contribution in [0.1, 0.15) is 16.8 Å². The van der Waals surface area contributed by atoms with Crippen LogP contribution in [0.3, 0.4) is 0 Å². The van der Waals surface area contributed by atoms with Crippen molar-refractivity contribution in [1.29, 1.82) is 0 Å². The van der Waals surface area contributed by atoms with Crippen LogP contribution in [-0.2, 0) is 0 Å². The van der Waals surface area contributed by atoms with Crippen molar-refractivity contribution in [2.24, 2.45) is 0 Å². The summed E-state index contributed by atoms with van der Waals surface area (Å²) in [4.78, 5) is 24.2. The smallest absolute Gasteiger partial charge is 0.292 e. The first-order valence-electron chi connectivity index (χ1n) is 6.00. The molecule has 0 aliphatic carbocycles. The van der Waals surface area contributed by atoms with Crippen molar-refractivity contribution in [3.8, 4) is 0 Å². The number of nitrogens with two attached hydrogens (primary N) is 1. The van der Waals surface area contributed by atoms with Crippen LogP contribution in [0.5, 0.6) is 0 Å². The number of likely N-dealkylation sites (tertiary alicyclic amines) is 1. The molecular weight excluding hydrogens is 248 g/mol. The van der Waals surface area contributed by atoms with Gasteiger partial charge in [0.05, 0.1) is 4.92 Å². The third-order valence-electron chi connectivity index (χ3n) is 3.21. The maximum absolute atomic E-state index is 12.0.